The fraction of sp³-hybridized carbons (Fsp3) is 0.625. The van der Waals surface area contributed by atoms with Gasteiger partial charge in [-0.1, -0.05) is 0 Å². The number of hydrogen-bond donors (Lipinski definition) is 1. The lowest BCUT2D eigenvalue weighted by Gasteiger charge is -2.30. The van der Waals surface area contributed by atoms with Gasteiger partial charge in [0, 0.05) is 31.9 Å². The first-order valence-electron chi connectivity index (χ1n) is 8.66. The number of hydrogen-bond acceptors (Lipinski definition) is 6. The van der Waals surface area contributed by atoms with Crippen molar-refractivity contribution >= 4 is 16.2 Å². The van der Waals surface area contributed by atoms with E-state index in [1.807, 2.05) is 0 Å². The third-order valence-electron chi connectivity index (χ3n) is 3.99. The molecule has 0 saturated carbocycles. The lowest BCUT2D eigenvalue weighted by molar-refractivity contribution is -0.154. The standard InChI is InChI=1S/C16H22F3N3O5S/c1-2-26-15(23)13-4-3-7-22(10-13)28(24,25)21-9-12-5-6-20-14(8-12)27-11-16(17,18)19/h5-6,8,13,21H,2-4,7,9-11H2,1H3/t13-/m0/s1. The van der Waals surface area contributed by atoms with Crippen LogP contribution in [0.1, 0.15) is 25.3 Å². The zero-order chi connectivity index (χ0) is 20.8. The number of rotatable bonds is 8. The van der Waals surface area contributed by atoms with E-state index >= 15 is 0 Å². The molecule has 1 saturated heterocycles. The highest BCUT2D eigenvalue weighted by molar-refractivity contribution is 7.87. The maximum atomic E-state index is 12.5. The summed E-state index contributed by atoms with van der Waals surface area (Å²) in [6, 6.07) is 2.69. The average molecular weight is 425 g/mol. The van der Waals surface area contributed by atoms with Crippen molar-refractivity contribution in [2.45, 2.75) is 32.5 Å². The Morgan fingerprint density at radius 3 is 2.86 bits per heavy atom. The normalized spacial score (nSPS) is 18.6. The first kappa shape index (κ1) is 22.4. The second kappa shape index (κ2) is 9.52. The first-order chi connectivity index (χ1) is 13.1. The van der Waals surface area contributed by atoms with E-state index in [1.54, 1.807) is 6.92 Å². The van der Waals surface area contributed by atoms with Crippen molar-refractivity contribution in [3.8, 4) is 5.88 Å². The van der Waals surface area contributed by atoms with Crippen LogP contribution < -0.4 is 9.46 Å². The maximum absolute atomic E-state index is 12.5. The summed E-state index contributed by atoms with van der Waals surface area (Å²) in [5, 5.41) is 0. The molecule has 8 nitrogen and oxygen atoms in total. The molecular weight excluding hydrogens is 403 g/mol. The number of alkyl halides is 3. The van der Waals surface area contributed by atoms with Crippen molar-refractivity contribution in [2.24, 2.45) is 5.92 Å². The summed E-state index contributed by atoms with van der Waals surface area (Å²) in [5.41, 5.74) is 0.384. The fourth-order valence-electron chi connectivity index (χ4n) is 2.67. The van der Waals surface area contributed by atoms with Crippen molar-refractivity contribution in [1.29, 1.82) is 0 Å². The number of nitrogens with one attached hydrogen (secondary N) is 1. The molecule has 1 N–H and O–H groups in total. The minimum Gasteiger partial charge on any atom is -0.468 e. The summed E-state index contributed by atoms with van der Waals surface area (Å²) in [7, 11) is -3.88. The molecule has 1 aliphatic heterocycles. The number of carbonyl (C=O) groups is 1. The van der Waals surface area contributed by atoms with Gasteiger partial charge in [0.05, 0.1) is 12.5 Å². The van der Waals surface area contributed by atoms with E-state index in [0.717, 1.165) is 0 Å². The van der Waals surface area contributed by atoms with Gasteiger partial charge < -0.3 is 9.47 Å². The number of nitrogens with zero attached hydrogens (tertiary/aromatic N) is 2. The summed E-state index contributed by atoms with van der Waals surface area (Å²) in [6.07, 6.45) is -2.19. The zero-order valence-electron chi connectivity index (χ0n) is 15.2. The number of pyridine rings is 1. The maximum Gasteiger partial charge on any atom is 0.422 e. The van der Waals surface area contributed by atoms with E-state index in [0.29, 0.717) is 18.4 Å². The van der Waals surface area contributed by atoms with Gasteiger partial charge in [-0.05, 0) is 31.4 Å². The Balaban J connectivity index is 1.94. The quantitative estimate of drug-likeness (QED) is 0.636. The van der Waals surface area contributed by atoms with Crippen molar-refractivity contribution < 1.29 is 35.9 Å². The van der Waals surface area contributed by atoms with Crippen LogP contribution in [0.4, 0.5) is 13.2 Å². The number of esters is 1. The summed E-state index contributed by atoms with van der Waals surface area (Å²) >= 11 is 0. The van der Waals surface area contributed by atoms with Crippen LogP contribution in [0.5, 0.6) is 5.88 Å². The molecule has 158 valence electrons. The SMILES string of the molecule is CCOC(=O)[C@H]1CCCN(S(=O)(=O)NCc2ccnc(OCC(F)(F)F)c2)C1. The summed E-state index contributed by atoms with van der Waals surface area (Å²) < 4.78 is 74.6. The van der Waals surface area contributed by atoms with Gasteiger partial charge in [-0.25, -0.2) is 4.98 Å². The van der Waals surface area contributed by atoms with Gasteiger partial charge in [0.1, 0.15) is 0 Å². The predicted octanol–water partition coefficient (Wildman–Crippen LogP) is 1.63. The van der Waals surface area contributed by atoms with E-state index in [9.17, 15) is 26.4 Å². The molecule has 0 unspecified atom stereocenters. The molecule has 1 aliphatic rings. The van der Waals surface area contributed by atoms with E-state index in [2.05, 4.69) is 14.4 Å². The zero-order valence-corrected chi connectivity index (χ0v) is 16.1. The summed E-state index contributed by atoms with van der Waals surface area (Å²) in [5.74, 6) is -1.20. The van der Waals surface area contributed by atoms with Gasteiger partial charge in [-0.3, -0.25) is 4.79 Å². The average Bonchev–Trinajstić information content (AvgIpc) is 2.65. The predicted molar refractivity (Wildman–Crippen MR) is 92.5 cm³/mol. The number of carbonyl (C=O) groups excluding carboxylic acids is 1. The Kier molecular flexibility index (Phi) is 7.61. The molecule has 0 bridgehead atoms. The Labute approximate surface area is 161 Å². The van der Waals surface area contributed by atoms with Crippen LogP contribution in [0.2, 0.25) is 0 Å². The summed E-state index contributed by atoms with van der Waals surface area (Å²) in [4.78, 5) is 15.5. The molecule has 0 spiro atoms. The highest BCUT2D eigenvalue weighted by Crippen LogP contribution is 2.21. The topological polar surface area (TPSA) is 97.8 Å². The number of ether oxygens (including phenoxy) is 2. The molecule has 0 amide bonds. The van der Waals surface area contributed by atoms with Crippen LogP contribution in [-0.2, 0) is 26.3 Å². The highest BCUT2D eigenvalue weighted by atomic mass is 32.2. The molecule has 0 aliphatic carbocycles. The van der Waals surface area contributed by atoms with E-state index in [-0.39, 0.29) is 32.1 Å². The van der Waals surface area contributed by atoms with Crippen LogP contribution >= 0.6 is 0 Å². The third-order valence-corrected chi connectivity index (χ3v) is 5.51. The molecule has 1 aromatic rings. The smallest absolute Gasteiger partial charge is 0.422 e. The lowest BCUT2D eigenvalue weighted by atomic mass is 10.0. The fourth-order valence-corrected chi connectivity index (χ4v) is 3.95. The highest BCUT2D eigenvalue weighted by Gasteiger charge is 2.33. The third kappa shape index (κ3) is 6.91. The van der Waals surface area contributed by atoms with E-state index in [1.165, 1.54) is 22.6 Å². The minimum absolute atomic E-state index is 0.0183. The minimum atomic E-state index is -4.50. The van der Waals surface area contributed by atoms with Gasteiger partial charge in [0.25, 0.3) is 10.2 Å². The molecule has 28 heavy (non-hydrogen) atoms. The van der Waals surface area contributed by atoms with Gasteiger partial charge >= 0.3 is 12.1 Å². The second-order valence-electron chi connectivity index (χ2n) is 6.18. The molecule has 1 fully saturated rings. The Hall–Kier alpha value is -1.92. The van der Waals surface area contributed by atoms with E-state index in [4.69, 9.17) is 4.74 Å². The van der Waals surface area contributed by atoms with Crippen LogP contribution in [0.25, 0.3) is 0 Å². The molecule has 2 rings (SSSR count). The Morgan fingerprint density at radius 2 is 2.18 bits per heavy atom. The molecule has 12 heteroatoms. The number of halogens is 3. The van der Waals surface area contributed by atoms with Gasteiger partial charge in [-0.15, -0.1) is 0 Å². The van der Waals surface area contributed by atoms with Crippen LogP contribution in [0, 0.1) is 5.92 Å². The van der Waals surface area contributed by atoms with Crippen LogP contribution in [0.3, 0.4) is 0 Å². The molecular formula is C16H22F3N3O5S. The van der Waals surface area contributed by atoms with Crippen molar-refractivity contribution in [3.63, 3.8) is 0 Å². The van der Waals surface area contributed by atoms with Gasteiger partial charge in [0.2, 0.25) is 5.88 Å². The first-order valence-corrected chi connectivity index (χ1v) is 10.1. The van der Waals surface area contributed by atoms with E-state index < -0.39 is 34.9 Å². The van der Waals surface area contributed by atoms with Crippen molar-refractivity contribution in [3.05, 3.63) is 23.9 Å². The van der Waals surface area contributed by atoms with Crippen molar-refractivity contribution in [2.75, 3.05) is 26.3 Å². The molecule has 0 aromatic carbocycles. The lowest BCUT2D eigenvalue weighted by Crippen LogP contribution is -2.47. The summed E-state index contributed by atoms with van der Waals surface area (Å²) in [6.45, 7) is 0.539. The molecule has 0 radical (unpaired) electrons. The Morgan fingerprint density at radius 1 is 1.43 bits per heavy atom. The van der Waals surface area contributed by atoms with Crippen molar-refractivity contribution in [1.82, 2.24) is 14.0 Å². The number of aromatic nitrogens is 1. The second-order valence-corrected chi connectivity index (χ2v) is 7.94. The largest absolute Gasteiger partial charge is 0.468 e. The monoisotopic (exact) mass is 425 g/mol. The Bertz CT molecular complexity index is 773. The molecule has 1 atom stereocenters. The number of piperidine rings is 1. The van der Waals surface area contributed by atoms with Gasteiger partial charge in [0.15, 0.2) is 6.61 Å². The van der Waals surface area contributed by atoms with Crippen LogP contribution in [0.15, 0.2) is 18.3 Å². The molecule has 1 aromatic heterocycles. The van der Waals surface area contributed by atoms with Gasteiger partial charge in [-0.2, -0.15) is 30.6 Å². The molecule has 2 heterocycles. The van der Waals surface area contributed by atoms with Crippen LogP contribution in [-0.4, -0.2) is 56.2 Å².